The van der Waals surface area contributed by atoms with Crippen molar-refractivity contribution in [3.05, 3.63) is 61.5 Å². The zero-order valence-electron chi connectivity index (χ0n) is 10.9. The van der Waals surface area contributed by atoms with Gasteiger partial charge >= 0.3 is 0 Å². The van der Waals surface area contributed by atoms with E-state index in [2.05, 4.69) is 63.0 Å². The minimum absolute atomic E-state index is 0.203. The lowest BCUT2D eigenvalue weighted by Crippen LogP contribution is -1.98. The van der Waals surface area contributed by atoms with Crippen molar-refractivity contribution in [3.63, 3.8) is 0 Å². The molecule has 0 aliphatic carbocycles. The Hall–Kier alpha value is -0.510. The molecule has 0 radical (unpaired) electrons. The molecule has 0 fully saturated rings. The number of benzene rings is 2. The Labute approximate surface area is 140 Å². The van der Waals surface area contributed by atoms with Gasteiger partial charge in [0.1, 0.15) is 5.75 Å². The largest absolute Gasteiger partial charge is 0.493 e. The Bertz CT molecular complexity index is 670. The van der Waals surface area contributed by atoms with Crippen LogP contribution in [0.3, 0.4) is 0 Å². The standard InChI is InChI=1S/C16H13Br2ClO/c1-9-6-10(2-3-14(9)18)15(19)13-8-12(17)7-11-4-5-20-16(11)13/h2-3,6-8,15H,4-5H2,1H3. The average Bonchev–Trinajstić information content (AvgIpc) is 2.88. The van der Waals surface area contributed by atoms with Crippen LogP contribution in [0.15, 0.2) is 39.3 Å². The maximum atomic E-state index is 6.70. The van der Waals surface area contributed by atoms with E-state index in [1.165, 1.54) is 11.1 Å². The van der Waals surface area contributed by atoms with Gasteiger partial charge in [-0.2, -0.15) is 0 Å². The lowest BCUT2D eigenvalue weighted by molar-refractivity contribution is 0.353. The van der Waals surface area contributed by atoms with Gasteiger partial charge in [0.15, 0.2) is 0 Å². The zero-order chi connectivity index (χ0) is 14.3. The molecule has 0 spiro atoms. The van der Waals surface area contributed by atoms with E-state index in [1.54, 1.807) is 0 Å². The van der Waals surface area contributed by atoms with Crippen molar-refractivity contribution in [2.24, 2.45) is 0 Å². The van der Waals surface area contributed by atoms with Gasteiger partial charge in [-0.05, 0) is 41.8 Å². The molecular weight excluding hydrogens is 403 g/mol. The van der Waals surface area contributed by atoms with Gasteiger partial charge in [-0.25, -0.2) is 0 Å². The third-order valence-corrected chi connectivity index (χ3v) is 5.36. The number of rotatable bonds is 2. The van der Waals surface area contributed by atoms with Crippen molar-refractivity contribution in [1.29, 1.82) is 0 Å². The molecule has 0 saturated carbocycles. The molecule has 0 bridgehead atoms. The predicted molar refractivity (Wildman–Crippen MR) is 89.9 cm³/mol. The summed E-state index contributed by atoms with van der Waals surface area (Å²) in [7, 11) is 0. The molecule has 2 aromatic carbocycles. The van der Waals surface area contributed by atoms with Crippen LogP contribution in [0.2, 0.25) is 0 Å². The molecule has 4 heteroatoms. The van der Waals surface area contributed by atoms with Crippen LogP contribution >= 0.6 is 43.5 Å². The van der Waals surface area contributed by atoms with Crippen LogP contribution in [0.25, 0.3) is 0 Å². The molecule has 2 aromatic rings. The normalized spacial score (nSPS) is 14.8. The summed E-state index contributed by atoms with van der Waals surface area (Å²) >= 11 is 13.8. The highest BCUT2D eigenvalue weighted by molar-refractivity contribution is 9.10. The highest BCUT2D eigenvalue weighted by atomic mass is 79.9. The number of ether oxygens (including phenoxy) is 1. The fourth-order valence-electron chi connectivity index (χ4n) is 2.49. The van der Waals surface area contributed by atoms with E-state index in [1.807, 2.05) is 6.07 Å². The summed E-state index contributed by atoms with van der Waals surface area (Å²) in [5, 5.41) is -0.203. The van der Waals surface area contributed by atoms with E-state index in [0.717, 1.165) is 38.8 Å². The van der Waals surface area contributed by atoms with Crippen molar-refractivity contribution in [2.45, 2.75) is 18.7 Å². The number of halogens is 3. The minimum atomic E-state index is -0.203. The number of aryl methyl sites for hydroxylation is 1. The Morgan fingerprint density at radius 3 is 2.75 bits per heavy atom. The van der Waals surface area contributed by atoms with Gasteiger partial charge in [-0.15, -0.1) is 11.6 Å². The summed E-state index contributed by atoms with van der Waals surface area (Å²) in [6, 6.07) is 10.4. The second-order valence-corrected chi connectivity index (χ2v) is 7.16. The Morgan fingerprint density at radius 1 is 1.20 bits per heavy atom. The lowest BCUT2D eigenvalue weighted by Gasteiger charge is -2.16. The van der Waals surface area contributed by atoms with E-state index < -0.39 is 0 Å². The highest BCUT2D eigenvalue weighted by Gasteiger charge is 2.23. The molecule has 1 heterocycles. The van der Waals surface area contributed by atoms with Gasteiger partial charge in [0.25, 0.3) is 0 Å². The van der Waals surface area contributed by atoms with E-state index >= 15 is 0 Å². The van der Waals surface area contributed by atoms with Crippen molar-refractivity contribution < 1.29 is 4.74 Å². The molecule has 1 aliphatic rings. The molecule has 0 N–H and O–H groups in total. The van der Waals surface area contributed by atoms with Gasteiger partial charge in [0, 0.05) is 20.9 Å². The van der Waals surface area contributed by atoms with Crippen LogP contribution in [0.5, 0.6) is 5.75 Å². The number of alkyl halides is 1. The molecule has 1 nitrogen and oxygen atoms in total. The SMILES string of the molecule is Cc1cc(C(Cl)c2cc(Br)cc3c2OCC3)ccc1Br. The fraction of sp³-hybridized carbons (Fsp3) is 0.250. The summed E-state index contributed by atoms with van der Waals surface area (Å²) in [6.07, 6.45) is 0.949. The molecule has 0 aromatic heterocycles. The number of hydrogen-bond donors (Lipinski definition) is 0. The smallest absolute Gasteiger partial charge is 0.127 e. The number of hydrogen-bond acceptors (Lipinski definition) is 1. The van der Waals surface area contributed by atoms with Crippen molar-refractivity contribution in [3.8, 4) is 5.75 Å². The van der Waals surface area contributed by atoms with Crippen molar-refractivity contribution in [2.75, 3.05) is 6.61 Å². The fourth-order valence-corrected chi connectivity index (χ4v) is 3.56. The third-order valence-electron chi connectivity index (χ3n) is 3.52. The van der Waals surface area contributed by atoms with Crippen LogP contribution < -0.4 is 4.74 Å². The molecule has 104 valence electrons. The highest BCUT2D eigenvalue weighted by Crippen LogP contribution is 2.42. The van der Waals surface area contributed by atoms with Crippen LogP contribution in [0.1, 0.15) is 27.6 Å². The molecule has 1 atom stereocenters. The molecular formula is C16H13Br2ClO. The van der Waals surface area contributed by atoms with Crippen LogP contribution in [0, 0.1) is 6.92 Å². The first kappa shape index (κ1) is 14.4. The average molecular weight is 417 g/mol. The Kier molecular flexibility index (Phi) is 4.11. The van der Waals surface area contributed by atoms with Gasteiger partial charge in [-0.1, -0.05) is 44.0 Å². The summed E-state index contributed by atoms with van der Waals surface area (Å²) in [5.41, 5.74) is 4.54. The zero-order valence-corrected chi connectivity index (χ0v) is 14.8. The summed E-state index contributed by atoms with van der Waals surface area (Å²) in [6.45, 7) is 2.81. The topological polar surface area (TPSA) is 9.23 Å². The van der Waals surface area contributed by atoms with E-state index in [9.17, 15) is 0 Å². The first-order chi connectivity index (χ1) is 9.56. The number of fused-ring (bicyclic) bond motifs is 1. The quantitative estimate of drug-likeness (QED) is 0.564. The van der Waals surface area contributed by atoms with Gasteiger partial charge in [0.2, 0.25) is 0 Å². The molecule has 3 rings (SSSR count). The molecule has 1 unspecified atom stereocenters. The molecule has 0 saturated heterocycles. The Morgan fingerprint density at radius 2 is 2.00 bits per heavy atom. The third kappa shape index (κ3) is 2.63. The van der Waals surface area contributed by atoms with Gasteiger partial charge < -0.3 is 4.74 Å². The van der Waals surface area contributed by atoms with E-state index in [4.69, 9.17) is 16.3 Å². The minimum Gasteiger partial charge on any atom is -0.493 e. The monoisotopic (exact) mass is 414 g/mol. The van der Waals surface area contributed by atoms with Crippen molar-refractivity contribution in [1.82, 2.24) is 0 Å². The van der Waals surface area contributed by atoms with Crippen LogP contribution in [0.4, 0.5) is 0 Å². The Balaban J connectivity index is 2.06. The second-order valence-electron chi connectivity index (χ2n) is 4.95. The lowest BCUT2D eigenvalue weighted by atomic mass is 9.99. The van der Waals surface area contributed by atoms with Crippen LogP contribution in [-0.2, 0) is 6.42 Å². The van der Waals surface area contributed by atoms with Gasteiger partial charge in [0.05, 0.1) is 12.0 Å². The van der Waals surface area contributed by atoms with Crippen LogP contribution in [-0.4, -0.2) is 6.61 Å². The maximum absolute atomic E-state index is 6.70. The van der Waals surface area contributed by atoms with Gasteiger partial charge in [-0.3, -0.25) is 0 Å². The first-order valence-electron chi connectivity index (χ1n) is 6.41. The van der Waals surface area contributed by atoms with E-state index in [0.29, 0.717) is 0 Å². The molecule has 1 aliphatic heterocycles. The summed E-state index contributed by atoms with van der Waals surface area (Å²) in [5.74, 6) is 0.953. The van der Waals surface area contributed by atoms with E-state index in [-0.39, 0.29) is 5.38 Å². The van der Waals surface area contributed by atoms with Crippen molar-refractivity contribution >= 4 is 43.5 Å². The molecule has 0 amide bonds. The summed E-state index contributed by atoms with van der Waals surface area (Å²) < 4.78 is 7.92. The first-order valence-corrected chi connectivity index (χ1v) is 8.44. The predicted octanol–water partition coefficient (Wildman–Crippen LogP) is 5.78. The maximum Gasteiger partial charge on any atom is 0.127 e. The second kappa shape index (κ2) is 5.70. The summed E-state index contributed by atoms with van der Waals surface area (Å²) in [4.78, 5) is 0. The molecule has 20 heavy (non-hydrogen) atoms.